The van der Waals surface area contributed by atoms with Crippen molar-refractivity contribution < 1.29 is 5.11 Å². The third-order valence-corrected chi connectivity index (χ3v) is 3.91. The molecule has 1 saturated heterocycles. The van der Waals surface area contributed by atoms with Crippen molar-refractivity contribution in [2.75, 3.05) is 11.4 Å². The van der Waals surface area contributed by atoms with Crippen LogP contribution in [0.4, 0.5) is 5.82 Å². The van der Waals surface area contributed by atoms with Crippen LogP contribution >= 0.6 is 0 Å². The van der Waals surface area contributed by atoms with E-state index in [0.29, 0.717) is 17.9 Å². The van der Waals surface area contributed by atoms with Crippen LogP contribution < -0.4 is 4.90 Å². The van der Waals surface area contributed by atoms with Gasteiger partial charge in [0.15, 0.2) is 0 Å². The molecule has 3 heteroatoms. The molecule has 3 atom stereocenters. The van der Waals surface area contributed by atoms with Gasteiger partial charge in [0, 0.05) is 24.3 Å². The average Bonchev–Trinajstić information content (AvgIpc) is 2.33. The van der Waals surface area contributed by atoms with E-state index in [1.165, 1.54) is 6.42 Å². The summed E-state index contributed by atoms with van der Waals surface area (Å²) >= 11 is 0. The molecule has 94 valence electrons. The van der Waals surface area contributed by atoms with E-state index in [9.17, 15) is 5.11 Å². The number of hydrogen-bond donors (Lipinski definition) is 1. The van der Waals surface area contributed by atoms with Gasteiger partial charge < -0.3 is 10.0 Å². The fourth-order valence-electron chi connectivity index (χ4n) is 2.81. The molecule has 0 radical (unpaired) electrons. The maximum absolute atomic E-state index is 9.40. The normalized spacial score (nSPS) is 29.4. The van der Waals surface area contributed by atoms with Gasteiger partial charge in [-0.2, -0.15) is 0 Å². The molecule has 0 spiro atoms. The smallest absolute Gasteiger partial charge is 0.134 e. The summed E-state index contributed by atoms with van der Waals surface area (Å²) < 4.78 is 0. The van der Waals surface area contributed by atoms with Gasteiger partial charge in [-0.15, -0.1) is 0 Å². The monoisotopic (exact) mass is 234 g/mol. The van der Waals surface area contributed by atoms with Gasteiger partial charge in [0.05, 0.1) is 6.61 Å². The number of aliphatic hydroxyl groups is 1. The first kappa shape index (κ1) is 12.4. The molecule has 1 N–H and O–H groups in total. The quantitative estimate of drug-likeness (QED) is 0.854. The predicted octanol–water partition coefficient (Wildman–Crippen LogP) is 2.44. The molecule has 17 heavy (non-hydrogen) atoms. The van der Waals surface area contributed by atoms with Crippen LogP contribution in [0.1, 0.15) is 32.8 Å². The lowest BCUT2D eigenvalue weighted by atomic mass is 9.86. The molecule has 1 fully saturated rings. The van der Waals surface area contributed by atoms with Crippen LogP contribution in [0.5, 0.6) is 0 Å². The van der Waals surface area contributed by atoms with E-state index in [4.69, 9.17) is 0 Å². The van der Waals surface area contributed by atoms with Crippen LogP contribution in [0, 0.1) is 11.8 Å². The van der Waals surface area contributed by atoms with Crippen LogP contribution in [0.2, 0.25) is 0 Å². The van der Waals surface area contributed by atoms with Gasteiger partial charge in [0.1, 0.15) is 5.82 Å². The molecule has 1 aromatic rings. The highest BCUT2D eigenvalue weighted by molar-refractivity contribution is 5.48. The van der Waals surface area contributed by atoms with E-state index in [0.717, 1.165) is 17.9 Å². The van der Waals surface area contributed by atoms with Crippen molar-refractivity contribution in [3.63, 3.8) is 0 Å². The van der Waals surface area contributed by atoms with Gasteiger partial charge in [0.2, 0.25) is 0 Å². The van der Waals surface area contributed by atoms with E-state index in [1.807, 2.05) is 18.3 Å². The Bertz CT molecular complexity index is 380. The van der Waals surface area contributed by atoms with Crippen molar-refractivity contribution in [3.05, 3.63) is 23.9 Å². The predicted molar refractivity (Wildman–Crippen MR) is 69.9 cm³/mol. The average molecular weight is 234 g/mol. The van der Waals surface area contributed by atoms with E-state index in [2.05, 4.69) is 30.7 Å². The van der Waals surface area contributed by atoms with Crippen molar-refractivity contribution >= 4 is 5.82 Å². The molecule has 1 aliphatic rings. The number of nitrogens with zero attached hydrogens (tertiary/aromatic N) is 2. The second-order valence-electron chi connectivity index (χ2n) is 5.36. The SMILES string of the molecule is CC1CC(C)C(C)N(c2ncccc2CO)C1. The zero-order chi connectivity index (χ0) is 12.4. The lowest BCUT2D eigenvalue weighted by molar-refractivity contribution is 0.274. The van der Waals surface area contributed by atoms with Crippen molar-refractivity contribution in [1.29, 1.82) is 0 Å². The summed E-state index contributed by atoms with van der Waals surface area (Å²) in [5, 5.41) is 9.40. The van der Waals surface area contributed by atoms with Crippen molar-refractivity contribution in [2.24, 2.45) is 11.8 Å². The highest BCUT2D eigenvalue weighted by atomic mass is 16.3. The maximum Gasteiger partial charge on any atom is 0.134 e. The summed E-state index contributed by atoms with van der Waals surface area (Å²) in [6.45, 7) is 7.95. The third kappa shape index (κ3) is 2.44. The molecule has 1 aliphatic heterocycles. The Kier molecular flexibility index (Phi) is 3.67. The third-order valence-electron chi connectivity index (χ3n) is 3.91. The first-order valence-corrected chi connectivity index (χ1v) is 6.45. The zero-order valence-corrected chi connectivity index (χ0v) is 10.9. The first-order valence-electron chi connectivity index (χ1n) is 6.45. The molecule has 2 heterocycles. The van der Waals surface area contributed by atoms with E-state index in [-0.39, 0.29) is 6.61 Å². The van der Waals surface area contributed by atoms with Gasteiger partial charge in [-0.05, 0) is 31.2 Å². The number of anilines is 1. The molecule has 0 aromatic carbocycles. The fourth-order valence-corrected chi connectivity index (χ4v) is 2.81. The van der Waals surface area contributed by atoms with E-state index >= 15 is 0 Å². The van der Waals surface area contributed by atoms with Gasteiger partial charge >= 0.3 is 0 Å². The van der Waals surface area contributed by atoms with Crippen LogP contribution in [0.15, 0.2) is 18.3 Å². The molecule has 0 aliphatic carbocycles. The summed E-state index contributed by atoms with van der Waals surface area (Å²) in [5.74, 6) is 2.32. The van der Waals surface area contributed by atoms with Crippen molar-refractivity contribution in [1.82, 2.24) is 4.98 Å². The Morgan fingerprint density at radius 2 is 2.18 bits per heavy atom. The van der Waals surface area contributed by atoms with Gasteiger partial charge in [-0.3, -0.25) is 0 Å². The second kappa shape index (κ2) is 5.05. The minimum atomic E-state index is 0.0646. The Hall–Kier alpha value is -1.09. The van der Waals surface area contributed by atoms with E-state index in [1.54, 1.807) is 0 Å². The molecule has 1 aromatic heterocycles. The number of piperidine rings is 1. The largest absolute Gasteiger partial charge is 0.392 e. The Balaban J connectivity index is 2.31. The zero-order valence-electron chi connectivity index (χ0n) is 10.9. The summed E-state index contributed by atoms with van der Waals surface area (Å²) in [4.78, 5) is 6.81. The summed E-state index contributed by atoms with van der Waals surface area (Å²) in [6, 6.07) is 4.33. The Morgan fingerprint density at radius 3 is 2.88 bits per heavy atom. The molecule has 0 amide bonds. The Morgan fingerprint density at radius 1 is 1.41 bits per heavy atom. The molecular formula is C14H22N2O. The molecule has 3 unspecified atom stereocenters. The van der Waals surface area contributed by atoms with Gasteiger partial charge in [-0.1, -0.05) is 19.9 Å². The van der Waals surface area contributed by atoms with Crippen LogP contribution in [-0.4, -0.2) is 22.7 Å². The topological polar surface area (TPSA) is 36.4 Å². The number of aliphatic hydroxyl groups excluding tert-OH is 1. The van der Waals surface area contributed by atoms with Crippen molar-refractivity contribution in [2.45, 2.75) is 39.8 Å². The molecule has 0 saturated carbocycles. The molecular weight excluding hydrogens is 212 g/mol. The standard InChI is InChI=1S/C14H22N2O/c1-10-7-11(2)12(3)16(8-10)14-13(9-17)5-4-6-15-14/h4-6,10-12,17H,7-9H2,1-3H3. The van der Waals surface area contributed by atoms with E-state index < -0.39 is 0 Å². The second-order valence-corrected chi connectivity index (χ2v) is 5.36. The first-order chi connectivity index (χ1) is 8.13. The summed E-state index contributed by atoms with van der Waals surface area (Å²) in [5.41, 5.74) is 0.931. The van der Waals surface area contributed by atoms with Crippen LogP contribution in [0.25, 0.3) is 0 Å². The summed E-state index contributed by atoms with van der Waals surface area (Å²) in [6.07, 6.45) is 3.09. The number of pyridine rings is 1. The van der Waals surface area contributed by atoms with Crippen molar-refractivity contribution in [3.8, 4) is 0 Å². The van der Waals surface area contributed by atoms with Crippen LogP contribution in [-0.2, 0) is 6.61 Å². The Labute approximate surface area is 103 Å². The molecule has 2 rings (SSSR count). The minimum Gasteiger partial charge on any atom is -0.392 e. The molecule has 3 nitrogen and oxygen atoms in total. The number of hydrogen-bond acceptors (Lipinski definition) is 3. The minimum absolute atomic E-state index is 0.0646. The summed E-state index contributed by atoms with van der Waals surface area (Å²) in [7, 11) is 0. The lowest BCUT2D eigenvalue weighted by Crippen LogP contribution is -2.46. The maximum atomic E-state index is 9.40. The highest BCUT2D eigenvalue weighted by Gasteiger charge is 2.30. The molecule has 0 bridgehead atoms. The highest BCUT2D eigenvalue weighted by Crippen LogP contribution is 2.31. The number of aromatic nitrogens is 1. The fraction of sp³-hybridized carbons (Fsp3) is 0.643. The van der Waals surface area contributed by atoms with Crippen LogP contribution in [0.3, 0.4) is 0 Å². The van der Waals surface area contributed by atoms with Gasteiger partial charge in [-0.25, -0.2) is 4.98 Å². The van der Waals surface area contributed by atoms with Gasteiger partial charge in [0.25, 0.3) is 0 Å². The lowest BCUT2D eigenvalue weighted by Gasteiger charge is -2.42. The number of rotatable bonds is 2.